The number of benzene rings is 1. The molecule has 2 unspecified atom stereocenters. The molecule has 27 heavy (non-hydrogen) atoms. The lowest BCUT2D eigenvalue weighted by Crippen LogP contribution is -2.31. The Morgan fingerprint density at radius 2 is 1.93 bits per heavy atom. The number of rotatable bonds is 5. The summed E-state index contributed by atoms with van der Waals surface area (Å²) in [6.07, 6.45) is -3.16. The Kier molecular flexibility index (Phi) is 4.95. The zero-order valence-electron chi connectivity index (χ0n) is 14.2. The van der Waals surface area contributed by atoms with Gasteiger partial charge in [0.1, 0.15) is 18.1 Å². The van der Waals surface area contributed by atoms with Crippen molar-refractivity contribution < 1.29 is 27.8 Å². The van der Waals surface area contributed by atoms with Crippen molar-refractivity contribution >= 4 is 11.7 Å². The lowest BCUT2D eigenvalue weighted by Gasteiger charge is -2.30. The van der Waals surface area contributed by atoms with Crippen LogP contribution in [0.15, 0.2) is 24.3 Å². The van der Waals surface area contributed by atoms with Gasteiger partial charge < -0.3 is 14.6 Å². The van der Waals surface area contributed by atoms with Gasteiger partial charge >= 0.3 is 6.36 Å². The van der Waals surface area contributed by atoms with Crippen LogP contribution in [0.4, 0.5) is 13.2 Å². The number of hydrogen-bond acceptors (Lipinski definition) is 7. The maximum Gasteiger partial charge on any atom is 0.573 e. The highest BCUT2D eigenvalue weighted by atomic mass is 32.1. The van der Waals surface area contributed by atoms with Crippen LogP contribution in [-0.2, 0) is 6.61 Å². The second kappa shape index (κ2) is 7.25. The number of ether oxygens (including phenoxy) is 2. The number of piperidine rings is 1. The van der Waals surface area contributed by atoms with E-state index in [1.165, 1.54) is 24.3 Å². The van der Waals surface area contributed by atoms with Crippen LogP contribution in [-0.4, -0.2) is 44.3 Å². The Hall–Kier alpha value is -1.91. The highest BCUT2D eigenvalue weighted by Gasteiger charge is 2.42. The molecule has 0 amide bonds. The SMILES string of the molecule is O[C@@H]1CN2C[C@@H]1CCC2c1nsnc1OCc1ccc(OC(F)(F)F)cc1. The van der Waals surface area contributed by atoms with Crippen molar-refractivity contribution in [1.29, 1.82) is 0 Å². The minimum Gasteiger partial charge on any atom is -0.471 e. The Morgan fingerprint density at radius 3 is 2.67 bits per heavy atom. The Morgan fingerprint density at radius 1 is 1.15 bits per heavy atom. The van der Waals surface area contributed by atoms with E-state index in [9.17, 15) is 18.3 Å². The molecule has 0 aliphatic carbocycles. The van der Waals surface area contributed by atoms with Crippen LogP contribution in [0.2, 0.25) is 0 Å². The molecule has 3 heterocycles. The molecule has 0 radical (unpaired) electrons. The number of fused-ring (bicyclic) bond motifs is 2. The minimum absolute atomic E-state index is 0.0784. The second-order valence-electron chi connectivity index (χ2n) is 6.81. The molecule has 2 aliphatic heterocycles. The quantitative estimate of drug-likeness (QED) is 0.830. The molecule has 6 nitrogen and oxygen atoms in total. The fraction of sp³-hybridized carbons (Fsp3) is 0.529. The highest BCUT2D eigenvalue weighted by molar-refractivity contribution is 6.99. The third kappa shape index (κ3) is 4.17. The van der Waals surface area contributed by atoms with Gasteiger partial charge in [0.05, 0.1) is 23.9 Å². The van der Waals surface area contributed by atoms with E-state index in [1.54, 1.807) is 0 Å². The van der Waals surface area contributed by atoms with Crippen molar-refractivity contribution in [3.63, 3.8) is 0 Å². The standard InChI is InChI=1S/C17H18F3N3O3S/c18-17(19,20)26-12-4-1-10(2-5-12)9-25-16-15(21-27-22-16)13-6-3-11-7-23(13)8-14(11)24/h1-2,4-5,11,13-14,24H,3,6-9H2/t11-,13?,14+/m0/s1. The summed E-state index contributed by atoms with van der Waals surface area (Å²) in [6, 6.07) is 5.61. The molecule has 10 heteroatoms. The molecule has 2 aliphatic rings. The van der Waals surface area contributed by atoms with Crippen molar-refractivity contribution in [2.75, 3.05) is 13.1 Å². The largest absolute Gasteiger partial charge is 0.573 e. The molecule has 2 fully saturated rings. The van der Waals surface area contributed by atoms with Crippen molar-refractivity contribution in [3.05, 3.63) is 35.5 Å². The molecule has 1 aromatic carbocycles. The van der Waals surface area contributed by atoms with E-state index in [-0.39, 0.29) is 24.5 Å². The Balaban J connectivity index is 1.39. The summed E-state index contributed by atoms with van der Waals surface area (Å²) < 4.78 is 54.8. The van der Waals surface area contributed by atoms with E-state index in [0.29, 0.717) is 23.9 Å². The summed E-state index contributed by atoms with van der Waals surface area (Å²) in [5, 5.41) is 10.0. The number of nitrogens with zero attached hydrogens (tertiary/aromatic N) is 3. The molecule has 2 aromatic rings. The number of hydrogen-bond donors (Lipinski definition) is 1. The van der Waals surface area contributed by atoms with E-state index in [1.807, 2.05) is 0 Å². The van der Waals surface area contributed by atoms with Crippen molar-refractivity contribution in [1.82, 2.24) is 13.6 Å². The van der Waals surface area contributed by atoms with Gasteiger partial charge in [-0.15, -0.1) is 17.5 Å². The van der Waals surface area contributed by atoms with E-state index in [2.05, 4.69) is 18.4 Å². The van der Waals surface area contributed by atoms with Gasteiger partial charge in [-0.05, 0) is 36.5 Å². The van der Waals surface area contributed by atoms with E-state index < -0.39 is 6.36 Å². The Labute approximate surface area is 157 Å². The maximum absolute atomic E-state index is 12.2. The maximum atomic E-state index is 12.2. The van der Waals surface area contributed by atoms with Gasteiger partial charge in [0.15, 0.2) is 0 Å². The van der Waals surface area contributed by atoms with Gasteiger partial charge in [0.2, 0.25) is 0 Å². The lowest BCUT2D eigenvalue weighted by molar-refractivity contribution is -0.274. The van der Waals surface area contributed by atoms with E-state index in [4.69, 9.17) is 4.74 Å². The molecular weight excluding hydrogens is 383 g/mol. The zero-order chi connectivity index (χ0) is 19.0. The van der Waals surface area contributed by atoms with Crippen molar-refractivity contribution in [3.8, 4) is 11.6 Å². The van der Waals surface area contributed by atoms with Gasteiger partial charge in [0, 0.05) is 13.1 Å². The molecular formula is C17H18F3N3O3S. The third-order valence-corrected chi connectivity index (χ3v) is 5.54. The van der Waals surface area contributed by atoms with Crippen LogP contribution < -0.4 is 9.47 Å². The summed E-state index contributed by atoms with van der Waals surface area (Å²) in [5.74, 6) is 0.502. The highest BCUT2D eigenvalue weighted by Crippen LogP contribution is 2.41. The predicted molar refractivity (Wildman–Crippen MR) is 90.4 cm³/mol. The first-order valence-corrected chi connectivity index (χ1v) is 9.34. The minimum atomic E-state index is -4.71. The van der Waals surface area contributed by atoms with Crippen LogP contribution in [0, 0.1) is 5.92 Å². The molecule has 0 saturated carbocycles. The zero-order valence-corrected chi connectivity index (χ0v) is 15.0. The van der Waals surface area contributed by atoms with E-state index >= 15 is 0 Å². The average molecular weight is 401 g/mol. The first-order valence-electron chi connectivity index (χ1n) is 8.61. The van der Waals surface area contributed by atoms with Crippen LogP contribution >= 0.6 is 11.7 Å². The smallest absolute Gasteiger partial charge is 0.471 e. The van der Waals surface area contributed by atoms with Gasteiger partial charge in [-0.3, -0.25) is 4.90 Å². The summed E-state index contributed by atoms with van der Waals surface area (Å²) in [4.78, 5) is 2.21. The lowest BCUT2D eigenvalue weighted by atomic mass is 9.93. The third-order valence-electron chi connectivity index (χ3n) is 5.02. The fourth-order valence-electron chi connectivity index (χ4n) is 3.72. The van der Waals surface area contributed by atoms with Gasteiger partial charge in [0.25, 0.3) is 5.88 Å². The van der Waals surface area contributed by atoms with Crippen LogP contribution in [0.3, 0.4) is 0 Å². The van der Waals surface area contributed by atoms with E-state index in [0.717, 1.165) is 36.8 Å². The molecule has 1 aromatic heterocycles. The number of aliphatic hydroxyl groups is 1. The fourth-order valence-corrected chi connectivity index (χ4v) is 4.27. The van der Waals surface area contributed by atoms with Crippen molar-refractivity contribution in [2.24, 2.45) is 5.92 Å². The summed E-state index contributed by atoms with van der Waals surface area (Å²) >= 11 is 1.07. The van der Waals surface area contributed by atoms with Crippen LogP contribution in [0.5, 0.6) is 11.6 Å². The average Bonchev–Trinajstić information content (AvgIpc) is 3.18. The summed E-state index contributed by atoms with van der Waals surface area (Å²) in [5.41, 5.74) is 1.47. The predicted octanol–water partition coefficient (Wildman–Crippen LogP) is 3.14. The number of aromatic nitrogens is 2. The first kappa shape index (κ1) is 18.5. The monoisotopic (exact) mass is 401 g/mol. The van der Waals surface area contributed by atoms with Crippen molar-refractivity contribution in [2.45, 2.75) is 38.0 Å². The second-order valence-corrected chi connectivity index (χ2v) is 7.34. The van der Waals surface area contributed by atoms with Gasteiger partial charge in [-0.1, -0.05) is 12.1 Å². The number of halogens is 3. The molecule has 2 bridgehead atoms. The summed E-state index contributed by atoms with van der Waals surface area (Å²) in [6.45, 7) is 1.65. The Bertz CT molecular complexity index is 782. The molecule has 1 N–H and O–H groups in total. The van der Waals surface area contributed by atoms with Gasteiger partial charge in [-0.25, -0.2) is 0 Å². The van der Waals surface area contributed by atoms with Crippen LogP contribution in [0.1, 0.15) is 30.1 Å². The molecule has 0 spiro atoms. The van der Waals surface area contributed by atoms with Gasteiger partial charge in [-0.2, -0.15) is 4.37 Å². The molecule has 4 rings (SSSR count). The number of alkyl halides is 3. The molecule has 2 saturated heterocycles. The topological polar surface area (TPSA) is 67.7 Å². The molecule has 146 valence electrons. The normalized spacial score (nSPS) is 27.6. The number of aliphatic hydroxyl groups excluding tert-OH is 1. The summed E-state index contributed by atoms with van der Waals surface area (Å²) in [7, 11) is 0. The first-order chi connectivity index (χ1) is 12.9. The molecule has 4 atom stereocenters. The van der Waals surface area contributed by atoms with Crippen LogP contribution in [0.25, 0.3) is 0 Å².